The second-order valence-corrected chi connectivity index (χ2v) is 6.41. The zero-order chi connectivity index (χ0) is 19.6. The van der Waals surface area contributed by atoms with Gasteiger partial charge in [0, 0.05) is 5.02 Å². The van der Waals surface area contributed by atoms with Gasteiger partial charge in [0.2, 0.25) is 0 Å². The van der Waals surface area contributed by atoms with Gasteiger partial charge in [0.15, 0.2) is 0 Å². The lowest BCUT2D eigenvalue weighted by atomic mass is 10.1. The molecule has 0 atom stereocenters. The third kappa shape index (κ3) is 4.15. The molecule has 3 rings (SSSR count). The molecule has 0 N–H and O–H groups in total. The lowest BCUT2D eigenvalue weighted by molar-refractivity contribution is -0.386. The molecule has 0 aliphatic heterocycles. The Hall–Kier alpha value is -3.19. The van der Waals surface area contributed by atoms with Crippen molar-refractivity contribution >= 4 is 23.3 Å². The minimum Gasteiger partial charge on any atom is -0.423 e. The minimum absolute atomic E-state index is 0.0261. The largest absolute Gasteiger partial charge is 0.423 e. The number of halogens is 1. The molecule has 8 heteroatoms. The average Bonchev–Trinajstić information content (AvgIpc) is 2.91. The van der Waals surface area contributed by atoms with Gasteiger partial charge in [-0.15, -0.1) is 0 Å². The number of rotatable bonds is 5. The Morgan fingerprint density at radius 3 is 2.33 bits per heavy atom. The molecule has 2 aromatic carbocycles. The predicted molar refractivity (Wildman–Crippen MR) is 100 cm³/mol. The molecule has 1 aromatic heterocycles. The first-order valence-corrected chi connectivity index (χ1v) is 8.48. The van der Waals surface area contributed by atoms with Crippen LogP contribution in [0.5, 0.6) is 5.75 Å². The summed E-state index contributed by atoms with van der Waals surface area (Å²) in [6.45, 7) is 3.64. The van der Waals surface area contributed by atoms with Gasteiger partial charge in [-0.1, -0.05) is 23.7 Å². The number of nitrogens with zero attached hydrogens (tertiary/aromatic N) is 3. The fourth-order valence-electron chi connectivity index (χ4n) is 2.69. The summed E-state index contributed by atoms with van der Waals surface area (Å²) < 4.78 is 6.87. The monoisotopic (exact) mass is 385 g/mol. The van der Waals surface area contributed by atoms with Crippen LogP contribution < -0.4 is 4.74 Å². The van der Waals surface area contributed by atoms with Crippen molar-refractivity contribution in [1.29, 1.82) is 0 Å². The molecular formula is C19H16ClN3O4. The third-order valence-electron chi connectivity index (χ3n) is 4.07. The van der Waals surface area contributed by atoms with Crippen LogP contribution in [0.2, 0.25) is 5.02 Å². The van der Waals surface area contributed by atoms with Gasteiger partial charge in [-0.2, -0.15) is 5.10 Å². The molecule has 7 nitrogen and oxygen atoms in total. The van der Waals surface area contributed by atoms with E-state index in [2.05, 4.69) is 5.10 Å². The van der Waals surface area contributed by atoms with E-state index in [1.165, 1.54) is 0 Å². The first-order valence-electron chi connectivity index (χ1n) is 8.10. The van der Waals surface area contributed by atoms with Crippen molar-refractivity contribution in [3.05, 3.63) is 86.2 Å². The number of carbonyl (C=O) groups is 1. The summed E-state index contributed by atoms with van der Waals surface area (Å²) in [5, 5.41) is 15.9. The Kier molecular flexibility index (Phi) is 5.23. The van der Waals surface area contributed by atoms with Crippen LogP contribution in [-0.2, 0) is 6.54 Å². The number of benzene rings is 2. The molecule has 0 aliphatic carbocycles. The van der Waals surface area contributed by atoms with Crippen LogP contribution in [0.25, 0.3) is 0 Å². The Morgan fingerprint density at radius 2 is 1.78 bits per heavy atom. The lowest BCUT2D eigenvalue weighted by Crippen LogP contribution is -2.09. The summed E-state index contributed by atoms with van der Waals surface area (Å²) in [6, 6.07) is 13.3. The van der Waals surface area contributed by atoms with Crippen molar-refractivity contribution in [3.63, 3.8) is 0 Å². The van der Waals surface area contributed by atoms with Gasteiger partial charge in [0.05, 0.1) is 17.0 Å². The highest BCUT2D eigenvalue weighted by molar-refractivity contribution is 6.30. The topological polar surface area (TPSA) is 87.3 Å². The fraction of sp³-hybridized carbons (Fsp3) is 0.158. The van der Waals surface area contributed by atoms with E-state index in [-0.39, 0.29) is 5.69 Å². The molecule has 27 heavy (non-hydrogen) atoms. The number of esters is 1. The SMILES string of the molecule is Cc1nn(Cc2ccc(C(=O)Oc3ccc(Cl)cc3)cc2)c(C)c1[N+](=O)[O-]. The molecule has 0 saturated carbocycles. The van der Waals surface area contributed by atoms with Crippen molar-refractivity contribution in [2.24, 2.45) is 0 Å². The smallest absolute Gasteiger partial charge is 0.343 e. The molecule has 1 heterocycles. The zero-order valence-electron chi connectivity index (χ0n) is 14.7. The number of nitro groups is 1. The molecule has 0 unspecified atom stereocenters. The van der Waals surface area contributed by atoms with Crippen LogP contribution >= 0.6 is 11.6 Å². The van der Waals surface area contributed by atoms with Gasteiger partial charge in [-0.3, -0.25) is 14.8 Å². The summed E-state index contributed by atoms with van der Waals surface area (Å²) in [5.41, 5.74) is 2.15. The van der Waals surface area contributed by atoms with Crippen molar-refractivity contribution in [2.45, 2.75) is 20.4 Å². The number of hydrogen-bond acceptors (Lipinski definition) is 5. The summed E-state index contributed by atoms with van der Waals surface area (Å²) in [5.74, 6) is -0.0750. The molecule has 0 bridgehead atoms. The van der Waals surface area contributed by atoms with Crippen LogP contribution in [0.4, 0.5) is 5.69 Å². The van der Waals surface area contributed by atoms with Crippen LogP contribution in [0.15, 0.2) is 48.5 Å². The highest BCUT2D eigenvalue weighted by Gasteiger charge is 2.21. The van der Waals surface area contributed by atoms with Gasteiger partial charge in [0.25, 0.3) is 0 Å². The molecule has 138 valence electrons. The fourth-order valence-corrected chi connectivity index (χ4v) is 2.82. The van der Waals surface area contributed by atoms with E-state index in [1.54, 1.807) is 67.1 Å². The molecule has 0 spiro atoms. The summed E-state index contributed by atoms with van der Waals surface area (Å²) >= 11 is 5.80. The minimum atomic E-state index is -0.481. The van der Waals surface area contributed by atoms with Gasteiger partial charge < -0.3 is 4.74 Å². The summed E-state index contributed by atoms with van der Waals surface area (Å²) in [4.78, 5) is 22.9. The maximum Gasteiger partial charge on any atom is 0.343 e. The summed E-state index contributed by atoms with van der Waals surface area (Å²) in [7, 11) is 0. The van der Waals surface area contributed by atoms with E-state index in [1.807, 2.05) is 0 Å². The van der Waals surface area contributed by atoms with Crippen molar-refractivity contribution in [3.8, 4) is 5.75 Å². The van der Waals surface area contributed by atoms with Gasteiger partial charge in [-0.05, 0) is 55.8 Å². The number of ether oxygens (including phenoxy) is 1. The van der Waals surface area contributed by atoms with Crippen molar-refractivity contribution < 1.29 is 14.5 Å². The first-order chi connectivity index (χ1) is 12.8. The quantitative estimate of drug-likeness (QED) is 0.282. The average molecular weight is 386 g/mol. The third-order valence-corrected chi connectivity index (χ3v) is 4.32. The van der Waals surface area contributed by atoms with E-state index in [0.717, 1.165) is 5.56 Å². The van der Waals surface area contributed by atoms with Crippen LogP contribution in [0, 0.1) is 24.0 Å². The van der Waals surface area contributed by atoms with Crippen LogP contribution in [0.1, 0.15) is 27.3 Å². The normalized spacial score (nSPS) is 10.6. The highest BCUT2D eigenvalue weighted by atomic mass is 35.5. The predicted octanol–water partition coefficient (Wildman–Crippen LogP) is 4.33. The highest BCUT2D eigenvalue weighted by Crippen LogP contribution is 2.23. The van der Waals surface area contributed by atoms with Gasteiger partial charge in [0.1, 0.15) is 17.1 Å². The molecule has 0 saturated heterocycles. The van der Waals surface area contributed by atoms with Crippen molar-refractivity contribution in [1.82, 2.24) is 9.78 Å². The van der Waals surface area contributed by atoms with Gasteiger partial charge >= 0.3 is 11.7 Å². The molecule has 0 aliphatic rings. The number of hydrogen-bond donors (Lipinski definition) is 0. The van der Waals surface area contributed by atoms with E-state index in [0.29, 0.717) is 34.3 Å². The maximum absolute atomic E-state index is 12.2. The Labute approximate surface area is 160 Å². The van der Waals surface area contributed by atoms with Crippen molar-refractivity contribution in [2.75, 3.05) is 0 Å². The van der Waals surface area contributed by atoms with E-state index < -0.39 is 10.9 Å². The second kappa shape index (κ2) is 7.59. The Balaban J connectivity index is 1.72. The molecule has 3 aromatic rings. The lowest BCUT2D eigenvalue weighted by Gasteiger charge is -2.07. The standard InChI is InChI=1S/C19H16ClN3O4/c1-12-18(23(25)26)13(2)22(21-12)11-14-3-5-15(6-4-14)19(24)27-17-9-7-16(20)8-10-17/h3-10H,11H2,1-2H3. The number of aromatic nitrogens is 2. The van der Waals surface area contributed by atoms with E-state index >= 15 is 0 Å². The van der Waals surface area contributed by atoms with Crippen LogP contribution in [-0.4, -0.2) is 20.7 Å². The summed E-state index contributed by atoms with van der Waals surface area (Å²) in [6.07, 6.45) is 0. The second-order valence-electron chi connectivity index (χ2n) is 5.97. The molecular weight excluding hydrogens is 370 g/mol. The zero-order valence-corrected chi connectivity index (χ0v) is 15.4. The first kappa shape index (κ1) is 18.6. The van der Waals surface area contributed by atoms with E-state index in [9.17, 15) is 14.9 Å². The Morgan fingerprint density at radius 1 is 1.15 bits per heavy atom. The Bertz CT molecular complexity index is 995. The van der Waals surface area contributed by atoms with E-state index in [4.69, 9.17) is 16.3 Å². The number of aryl methyl sites for hydroxylation is 1. The molecule has 0 amide bonds. The molecule has 0 radical (unpaired) electrons. The van der Waals surface area contributed by atoms with Gasteiger partial charge in [-0.25, -0.2) is 4.79 Å². The molecule has 0 fully saturated rings. The maximum atomic E-state index is 12.2. The number of carbonyl (C=O) groups excluding carboxylic acids is 1. The van der Waals surface area contributed by atoms with Crippen LogP contribution in [0.3, 0.4) is 0 Å².